The van der Waals surface area contributed by atoms with E-state index in [1.807, 2.05) is 12.1 Å². The number of aromatic hydroxyl groups is 1. The number of phenols is 1. The van der Waals surface area contributed by atoms with E-state index in [0.717, 1.165) is 0 Å². The van der Waals surface area contributed by atoms with Crippen LogP contribution in [0.1, 0.15) is 37.0 Å². The quantitative estimate of drug-likeness (QED) is 0.204. The highest BCUT2D eigenvalue weighted by Crippen LogP contribution is 2.55. The Morgan fingerprint density at radius 2 is 1.83 bits per heavy atom. The first-order valence-electron chi connectivity index (χ1n) is 13.5. The average molecular weight is 574 g/mol. The molecule has 0 aliphatic heterocycles. The molecule has 0 unspecified atom stereocenters. The molecular weight excluding hydrogens is 542 g/mol. The molecule has 2 aromatic carbocycles. The number of amides is 1. The first kappa shape index (κ1) is 28.8. The van der Waals surface area contributed by atoms with Crippen LogP contribution in [-0.2, 0) is 30.3 Å². The van der Waals surface area contributed by atoms with Gasteiger partial charge < -0.3 is 30.9 Å². The highest BCUT2D eigenvalue weighted by atomic mass is 16.5. The molecule has 0 heterocycles. The summed E-state index contributed by atoms with van der Waals surface area (Å²) in [5.74, 6) is -8.68. The summed E-state index contributed by atoms with van der Waals surface area (Å²) in [6.45, 7) is 3.43. The molecule has 10 nitrogen and oxygen atoms in total. The van der Waals surface area contributed by atoms with Crippen LogP contribution >= 0.6 is 0 Å². The normalized spacial score (nSPS) is 25.4. The maximum atomic E-state index is 14.0. The first-order valence-corrected chi connectivity index (χ1v) is 13.5. The highest BCUT2D eigenvalue weighted by molar-refractivity contribution is 6.23. The van der Waals surface area contributed by atoms with Gasteiger partial charge in [-0.1, -0.05) is 38.1 Å². The standard InChI is InChI=1S/C32H31NO9/c1-14(2)23-20-13-17-12-19-18(16-6-4-5-15(11-16)7-10-22(35)42-3)8-9-21(34)25(19)28(37)24(17)29(38)32(20,41)30(39)26(27(23)36)31(33)40/h4-11,14,17,20,23,34,37,39,41H,12-13H2,1-3H3,(H2,33,40)/b10-7+/t17-,20-,23-,32-/m0/s1. The molecule has 0 radical (unpaired) electrons. The number of fused-ring (bicyclic) bond motifs is 3. The fraction of sp³-hybridized carbons (Fsp3) is 0.312. The third-order valence-corrected chi connectivity index (χ3v) is 8.66. The smallest absolute Gasteiger partial charge is 0.330 e. The maximum absolute atomic E-state index is 14.0. The van der Waals surface area contributed by atoms with E-state index in [1.54, 1.807) is 38.1 Å². The van der Waals surface area contributed by atoms with Gasteiger partial charge in [-0.05, 0) is 65.1 Å². The second kappa shape index (κ2) is 10.3. The molecule has 5 rings (SSSR count). The molecule has 0 saturated heterocycles. The minimum atomic E-state index is -2.65. The number of benzene rings is 2. The summed E-state index contributed by atoms with van der Waals surface area (Å²) in [7, 11) is 1.28. The van der Waals surface area contributed by atoms with Gasteiger partial charge in [-0.15, -0.1) is 0 Å². The molecule has 2 aromatic rings. The number of hydrogen-bond acceptors (Lipinski definition) is 9. The molecule has 4 atom stereocenters. The maximum Gasteiger partial charge on any atom is 0.330 e. The molecule has 3 aliphatic rings. The number of ketones is 2. The Morgan fingerprint density at radius 1 is 1.12 bits per heavy atom. The Labute approximate surface area is 241 Å². The Balaban J connectivity index is 1.68. The van der Waals surface area contributed by atoms with E-state index >= 15 is 0 Å². The summed E-state index contributed by atoms with van der Waals surface area (Å²) >= 11 is 0. The first-order chi connectivity index (χ1) is 19.8. The number of phenolic OH excluding ortho intramolecular Hbond substituents is 1. The molecule has 6 N–H and O–H groups in total. The fourth-order valence-electron chi connectivity index (χ4n) is 6.80. The van der Waals surface area contributed by atoms with Gasteiger partial charge >= 0.3 is 5.97 Å². The minimum absolute atomic E-state index is 0.00976. The van der Waals surface area contributed by atoms with Gasteiger partial charge in [-0.3, -0.25) is 14.4 Å². The van der Waals surface area contributed by atoms with Crippen molar-refractivity contribution < 1.29 is 44.3 Å². The van der Waals surface area contributed by atoms with Gasteiger partial charge in [-0.25, -0.2) is 4.79 Å². The number of methoxy groups -OCH3 is 1. The molecule has 0 spiro atoms. The van der Waals surface area contributed by atoms with Crippen molar-refractivity contribution in [3.8, 4) is 16.9 Å². The van der Waals surface area contributed by atoms with E-state index in [2.05, 4.69) is 4.74 Å². The van der Waals surface area contributed by atoms with Crippen molar-refractivity contribution in [2.45, 2.75) is 32.3 Å². The number of carbonyl (C=O) groups is 4. The molecule has 1 fully saturated rings. The third-order valence-electron chi connectivity index (χ3n) is 8.66. The van der Waals surface area contributed by atoms with Crippen LogP contribution in [0.3, 0.4) is 0 Å². The van der Waals surface area contributed by atoms with Crippen LogP contribution in [0.25, 0.3) is 23.0 Å². The van der Waals surface area contributed by atoms with Crippen molar-refractivity contribution >= 4 is 35.3 Å². The minimum Gasteiger partial charge on any atom is -0.508 e. The number of esters is 1. The molecule has 3 aliphatic carbocycles. The van der Waals surface area contributed by atoms with Gasteiger partial charge in [0.05, 0.1) is 12.7 Å². The van der Waals surface area contributed by atoms with Gasteiger partial charge in [0.1, 0.15) is 22.8 Å². The molecule has 10 heteroatoms. The lowest BCUT2D eigenvalue weighted by molar-refractivity contribution is -0.155. The van der Waals surface area contributed by atoms with Crippen LogP contribution < -0.4 is 5.73 Å². The second-order valence-corrected chi connectivity index (χ2v) is 11.3. The van der Waals surface area contributed by atoms with Gasteiger partial charge in [0.2, 0.25) is 5.78 Å². The van der Waals surface area contributed by atoms with Crippen LogP contribution in [-0.4, -0.2) is 56.6 Å². The van der Waals surface area contributed by atoms with Crippen LogP contribution in [0.2, 0.25) is 0 Å². The lowest BCUT2D eigenvalue weighted by Crippen LogP contribution is -2.62. The van der Waals surface area contributed by atoms with Crippen molar-refractivity contribution in [3.63, 3.8) is 0 Å². The number of rotatable bonds is 5. The SMILES string of the molecule is COC(=O)/C=C/c1cccc(-c2ccc(O)c3c2C[C@H]2C[C@H]4[C@H](C(C)C)C(=O)C(C(N)=O)=C(O)[C@@]4(O)C(=O)C2=C3O)c1. The van der Waals surface area contributed by atoms with Gasteiger partial charge in [0, 0.05) is 23.5 Å². The Bertz CT molecular complexity index is 1650. The number of hydrogen-bond donors (Lipinski definition) is 5. The molecule has 42 heavy (non-hydrogen) atoms. The van der Waals surface area contributed by atoms with E-state index in [4.69, 9.17) is 5.73 Å². The van der Waals surface area contributed by atoms with Gasteiger partial charge in [0.15, 0.2) is 11.4 Å². The summed E-state index contributed by atoms with van der Waals surface area (Å²) in [6, 6.07) is 10.3. The Morgan fingerprint density at radius 3 is 2.48 bits per heavy atom. The van der Waals surface area contributed by atoms with E-state index in [-0.39, 0.29) is 29.7 Å². The zero-order valence-electron chi connectivity index (χ0n) is 23.2. The summed E-state index contributed by atoms with van der Waals surface area (Å²) in [5.41, 5.74) is 4.34. The van der Waals surface area contributed by atoms with E-state index in [9.17, 15) is 39.6 Å². The number of Topliss-reactive ketones (excluding diaryl/α,β-unsaturated/α-hetero) is 2. The summed E-state index contributed by atoms with van der Waals surface area (Å²) in [6.07, 6.45) is 3.07. The molecule has 1 saturated carbocycles. The number of nitrogens with two attached hydrogens (primary N) is 1. The number of primary amides is 1. The number of ether oxygens (including phenoxy) is 1. The van der Waals surface area contributed by atoms with Crippen molar-refractivity contribution in [3.05, 3.63) is 76.1 Å². The monoisotopic (exact) mass is 573 g/mol. The summed E-state index contributed by atoms with van der Waals surface area (Å²) in [5, 5.41) is 45.0. The third kappa shape index (κ3) is 4.21. The van der Waals surface area contributed by atoms with E-state index in [1.165, 1.54) is 19.3 Å². The van der Waals surface area contributed by atoms with Crippen LogP contribution in [0.4, 0.5) is 0 Å². The fourth-order valence-corrected chi connectivity index (χ4v) is 6.80. The Kier molecular flexibility index (Phi) is 7.06. The largest absolute Gasteiger partial charge is 0.508 e. The predicted molar refractivity (Wildman–Crippen MR) is 152 cm³/mol. The van der Waals surface area contributed by atoms with Crippen LogP contribution in [0.5, 0.6) is 5.75 Å². The zero-order valence-corrected chi connectivity index (χ0v) is 23.2. The van der Waals surface area contributed by atoms with Crippen molar-refractivity contribution in [2.24, 2.45) is 29.4 Å². The molecule has 1 amide bonds. The average Bonchev–Trinajstić information content (AvgIpc) is 2.93. The van der Waals surface area contributed by atoms with Crippen molar-refractivity contribution in [1.82, 2.24) is 0 Å². The molecule has 0 bridgehead atoms. The Hall–Kier alpha value is -4.70. The number of carbonyl (C=O) groups excluding carboxylic acids is 4. The lowest BCUT2D eigenvalue weighted by atomic mass is 9.54. The van der Waals surface area contributed by atoms with Crippen molar-refractivity contribution in [1.29, 1.82) is 0 Å². The van der Waals surface area contributed by atoms with E-state index < -0.39 is 69.8 Å². The van der Waals surface area contributed by atoms with Gasteiger partial charge in [0.25, 0.3) is 5.91 Å². The highest BCUT2D eigenvalue weighted by Gasteiger charge is 2.64. The summed E-state index contributed by atoms with van der Waals surface area (Å²) in [4.78, 5) is 51.0. The lowest BCUT2D eigenvalue weighted by Gasteiger charge is -2.50. The number of aliphatic hydroxyl groups excluding tert-OH is 2. The topological polar surface area (TPSA) is 184 Å². The number of aliphatic hydroxyl groups is 3. The van der Waals surface area contributed by atoms with Crippen LogP contribution in [0.15, 0.2) is 59.4 Å². The van der Waals surface area contributed by atoms with Gasteiger partial charge in [-0.2, -0.15) is 0 Å². The second-order valence-electron chi connectivity index (χ2n) is 11.3. The zero-order chi connectivity index (χ0) is 30.7. The van der Waals surface area contributed by atoms with Crippen molar-refractivity contribution in [2.75, 3.05) is 7.11 Å². The molecule has 218 valence electrons. The van der Waals surface area contributed by atoms with Crippen LogP contribution in [0, 0.1) is 23.7 Å². The predicted octanol–water partition coefficient (Wildman–Crippen LogP) is 3.16. The summed E-state index contributed by atoms with van der Waals surface area (Å²) < 4.78 is 4.65. The molecular formula is C32H31NO9. The molecule has 0 aromatic heterocycles. The van der Waals surface area contributed by atoms with E-state index in [0.29, 0.717) is 22.3 Å².